The molecule has 1 amide bonds. The number of halogens is 4. The first kappa shape index (κ1) is 20.2. The second-order valence-corrected chi connectivity index (χ2v) is 7.07. The maximum atomic E-state index is 12.5. The van der Waals surface area contributed by atoms with Gasteiger partial charge in [-0.15, -0.1) is 23.7 Å². The van der Waals surface area contributed by atoms with Gasteiger partial charge in [-0.05, 0) is 19.8 Å². The Labute approximate surface area is 143 Å². The van der Waals surface area contributed by atoms with Crippen molar-refractivity contribution in [2.24, 2.45) is 11.7 Å². The molecule has 0 aromatic carbocycles. The van der Waals surface area contributed by atoms with Gasteiger partial charge in [0, 0.05) is 18.0 Å². The molecule has 2 N–H and O–H groups in total. The van der Waals surface area contributed by atoms with E-state index in [-0.39, 0.29) is 35.8 Å². The van der Waals surface area contributed by atoms with Gasteiger partial charge >= 0.3 is 6.18 Å². The van der Waals surface area contributed by atoms with E-state index in [9.17, 15) is 18.0 Å². The third kappa shape index (κ3) is 4.81. The van der Waals surface area contributed by atoms with Crippen LogP contribution in [0.15, 0.2) is 5.38 Å². The Kier molecular flexibility index (Phi) is 6.46. The Bertz CT molecular complexity index is 548. The normalized spacial score (nSPS) is 24.9. The van der Waals surface area contributed by atoms with Crippen LogP contribution in [0.5, 0.6) is 0 Å². The van der Waals surface area contributed by atoms with Crippen LogP contribution in [-0.4, -0.2) is 28.4 Å². The van der Waals surface area contributed by atoms with Gasteiger partial charge in [0.05, 0.1) is 12.5 Å². The molecule has 2 atom stereocenters. The second kappa shape index (κ2) is 7.36. The molecule has 1 aromatic heterocycles. The van der Waals surface area contributed by atoms with Crippen LogP contribution in [0.1, 0.15) is 43.3 Å². The zero-order valence-corrected chi connectivity index (χ0v) is 14.7. The lowest BCUT2D eigenvalue weighted by molar-refractivity contribution is -0.140. The Morgan fingerprint density at radius 3 is 2.70 bits per heavy atom. The molecule has 4 nitrogen and oxygen atoms in total. The van der Waals surface area contributed by atoms with Gasteiger partial charge in [-0.1, -0.05) is 12.8 Å². The number of hydrogen-bond acceptors (Lipinski definition) is 4. The third-order valence-electron chi connectivity index (χ3n) is 4.14. The van der Waals surface area contributed by atoms with E-state index >= 15 is 0 Å². The summed E-state index contributed by atoms with van der Waals surface area (Å²) in [6.45, 7) is 1.94. The van der Waals surface area contributed by atoms with E-state index in [0.29, 0.717) is 0 Å². The SMILES string of the molecule is CN(Cc1nc(C(F)(F)F)cs1)C(=O)C1CCCCC1(C)N.Cl. The summed E-state index contributed by atoms with van der Waals surface area (Å²) in [5.41, 5.74) is 4.75. The maximum absolute atomic E-state index is 12.5. The highest BCUT2D eigenvalue weighted by Gasteiger charge is 2.39. The fourth-order valence-electron chi connectivity index (χ4n) is 2.82. The van der Waals surface area contributed by atoms with Crippen LogP contribution < -0.4 is 5.73 Å². The highest BCUT2D eigenvalue weighted by molar-refractivity contribution is 7.09. The fraction of sp³-hybridized carbons (Fsp3) is 0.714. The van der Waals surface area contributed by atoms with Crippen molar-refractivity contribution in [2.75, 3.05) is 7.05 Å². The van der Waals surface area contributed by atoms with Gasteiger partial charge in [-0.25, -0.2) is 4.98 Å². The molecule has 1 heterocycles. The quantitative estimate of drug-likeness (QED) is 0.885. The Balaban J connectivity index is 0.00000264. The molecule has 1 aliphatic carbocycles. The monoisotopic (exact) mass is 371 g/mol. The second-order valence-electron chi connectivity index (χ2n) is 6.12. The summed E-state index contributed by atoms with van der Waals surface area (Å²) in [4.78, 5) is 17.5. The minimum Gasteiger partial charge on any atom is -0.339 e. The van der Waals surface area contributed by atoms with Crippen LogP contribution in [0.4, 0.5) is 13.2 Å². The third-order valence-corrected chi connectivity index (χ3v) is 4.98. The van der Waals surface area contributed by atoms with Gasteiger partial charge in [0.15, 0.2) is 5.69 Å². The van der Waals surface area contributed by atoms with Crippen LogP contribution in [0.2, 0.25) is 0 Å². The van der Waals surface area contributed by atoms with Crippen molar-refractivity contribution in [3.05, 3.63) is 16.1 Å². The van der Waals surface area contributed by atoms with E-state index in [1.165, 1.54) is 4.90 Å². The first-order valence-electron chi connectivity index (χ1n) is 7.17. The zero-order valence-electron chi connectivity index (χ0n) is 13.0. The summed E-state index contributed by atoms with van der Waals surface area (Å²) < 4.78 is 37.6. The average Bonchev–Trinajstić information content (AvgIpc) is 2.86. The highest BCUT2D eigenvalue weighted by atomic mass is 35.5. The van der Waals surface area contributed by atoms with Crippen molar-refractivity contribution in [3.63, 3.8) is 0 Å². The molecule has 1 fully saturated rings. The summed E-state index contributed by atoms with van der Waals surface area (Å²) in [5, 5.41) is 1.25. The van der Waals surface area contributed by atoms with Gasteiger partial charge in [-0.2, -0.15) is 13.2 Å². The molecule has 0 bridgehead atoms. The van der Waals surface area contributed by atoms with E-state index in [1.807, 2.05) is 6.92 Å². The summed E-state index contributed by atoms with van der Waals surface area (Å²) in [6, 6.07) is 0. The van der Waals surface area contributed by atoms with Gasteiger partial charge in [0.25, 0.3) is 0 Å². The number of alkyl halides is 3. The van der Waals surface area contributed by atoms with E-state index < -0.39 is 17.4 Å². The average molecular weight is 372 g/mol. The molecule has 1 saturated carbocycles. The lowest BCUT2D eigenvalue weighted by atomic mass is 9.74. The number of rotatable bonds is 3. The van der Waals surface area contributed by atoms with E-state index in [0.717, 1.165) is 42.4 Å². The van der Waals surface area contributed by atoms with Crippen LogP contribution in [-0.2, 0) is 17.5 Å². The Morgan fingerprint density at radius 2 is 2.17 bits per heavy atom. The van der Waals surface area contributed by atoms with Crippen LogP contribution >= 0.6 is 23.7 Å². The van der Waals surface area contributed by atoms with Crippen LogP contribution in [0.3, 0.4) is 0 Å². The summed E-state index contributed by atoms with van der Waals surface area (Å²) in [6.07, 6.45) is -0.987. The number of nitrogens with zero attached hydrogens (tertiary/aromatic N) is 2. The molecule has 1 aromatic rings. The number of aromatic nitrogens is 1. The summed E-state index contributed by atoms with van der Waals surface area (Å²) >= 11 is 0.912. The molecule has 132 valence electrons. The number of carbonyl (C=O) groups is 1. The molecule has 9 heteroatoms. The highest BCUT2D eigenvalue weighted by Crippen LogP contribution is 2.34. The predicted octanol–water partition coefficient (Wildman–Crippen LogP) is 3.45. The van der Waals surface area contributed by atoms with Crippen molar-refractivity contribution >= 4 is 29.7 Å². The molecular formula is C14H21ClF3N3OS. The minimum atomic E-state index is -4.45. The van der Waals surface area contributed by atoms with Gasteiger partial charge < -0.3 is 10.6 Å². The zero-order chi connectivity index (χ0) is 16.5. The number of amides is 1. The summed E-state index contributed by atoms with van der Waals surface area (Å²) in [5.74, 6) is -0.401. The van der Waals surface area contributed by atoms with E-state index in [2.05, 4.69) is 4.98 Å². The lowest BCUT2D eigenvalue weighted by Gasteiger charge is -2.39. The van der Waals surface area contributed by atoms with Crippen molar-refractivity contribution in [1.82, 2.24) is 9.88 Å². The lowest BCUT2D eigenvalue weighted by Crippen LogP contribution is -2.53. The molecule has 0 saturated heterocycles. The number of carbonyl (C=O) groups excluding carboxylic acids is 1. The fourth-order valence-corrected chi connectivity index (χ4v) is 3.68. The number of hydrogen-bond donors (Lipinski definition) is 1. The van der Waals surface area contributed by atoms with Gasteiger partial charge in [-0.3, -0.25) is 4.79 Å². The van der Waals surface area contributed by atoms with Crippen molar-refractivity contribution < 1.29 is 18.0 Å². The number of thiazole rings is 1. The Hall–Kier alpha value is -0.860. The molecule has 1 aliphatic rings. The van der Waals surface area contributed by atoms with Crippen molar-refractivity contribution in [3.8, 4) is 0 Å². The first-order chi connectivity index (χ1) is 10.1. The van der Waals surface area contributed by atoms with Crippen molar-refractivity contribution in [1.29, 1.82) is 0 Å². The van der Waals surface area contributed by atoms with Gasteiger partial charge in [0.1, 0.15) is 5.01 Å². The van der Waals surface area contributed by atoms with E-state index in [4.69, 9.17) is 5.73 Å². The first-order valence-corrected chi connectivity index (χ1v) is 8.04. The predicted molar refractivity (Wildman–Crippen MR) is 85.4 cm³/mol. The van der Waals surface area contributed by atoms with E-state index in [1.54, 1.807) is 7.05 Å². The topological polar surface area (TPSA) is 59.2 Å². The standard InChI is InChI=1S/C14H20F3N3OS.ClH/c1-13(18)6-4-3-5-9(13)12(21)20(2)7-11-19-10(8-22-11)14(15,16)17;/h8-9H,3-7,18H2,1-2H3;1H. The Morgan fingerprint density at radius 1 is 1.52 bits per heavy atom. The molecule has 23 heavy (non-hydrogen) atoms. The minimum absolute atomic E-state index is 0. The molecule has 2 rings (SSSR count). The molecule has 0 radical (unpaired) electrons. The number of nitrogens with two attached hydrogens (primary N) is 1. The summed E-state index contributed by atoms with van der Waals surface area (Å²) in [7, 11) is 1.59. The molecule has 0 aliphatic heterocycles. The van der Waals surface area contributed by atoms with Gasteiger partial charge in [0.2, 0.25) is 5.91 Å². The smallest absolute Gasteiger partial charge is 0.339 e. The van der Waals surface area contributed by atoms with Crippen LogP contribution in [0.25, 0.3) is 0 Å². The molecule has 0 spiro atoms. The molecule has 2 unspecified atom stereocenters. The molecular weight excluding hydrogens is 351 g/mol. The maximum Gasteiger partial charge on any atom is 0.434 e. The van der Waals surface area contributed by atoms with Crippen molar-refractivity contribution in [2.45, 2.75) is 50.9 Å². The largest absolute Gasteiger partial charge is 0.434 e. The van der Waals surface area contributed by atoms with Crippen LogP contribution in [0, 0.1) is 5.92 Å².